The molecular formula is C17H28N2OS. The van der Waals surface area contributed by atoms with E-state index in [1.54, 1.807) is 11.3 Å². The summed E-state index contributed by atoms with van der Waals surface area (Å²) in [5.74, 6) is 0.713. The van der Waals surface area contributed by atoms with E-state index < -0.39 is 5.54 Å². The molecule has 1 N–H and O–H groups in total. The molecule has 3 nitrogen and oxygen atoms in total. The molecule has 2 rings (SSSR count). The molecule has 0 saturated carbocycles. The van der Waals surface area contributed by atoms with Gasteiger partial charge in [0, 0.05) is 15.8 Å². The Balaban J connectivity index is 2.42. The standard InChI is InChI=1S/C17H28N2OS/c1-7-13(11(3)4)19-15(14-10-9-12(5)21-14)18-17(6,8-2)16(19)20/h9-11,13,15,18H,7-8H2,1-6H3. The van der Waals surface area contributed by atoms with Crippen LogP contribution in [0.2, 0.25) is 0 Å². The number of nitrogens with one attached hydrogen (secondary N) is 1. The number of amides is 1. The third kappa shape index (κ3) is 2.88. The van der Waals surface area contributed by atoms with Gasteiger partial charge in [0.1, 0.15) is 6.17 Å². The van der Waals surface area contributed by atoms with Crippen molar-refractivity contribution in [2.45, 2.75) is 72.1 Å². The Morgan fingerprint density at radius 2 is 2.05 bits per heavy atom. The molecule has 1 saturated heterocycles. The largest absolute Gasteiger partial charge is 0.317 e. The molecule has 1 aliphatic heterocycles. The molecule has 3 atom stereocenters. The molecule has 1 aliphatic rings. The van der Waals surface area contributed by atoms with Crippen LogP contribution in [0.5, 0.6) is 0 Å². The predicted molar refractivity (Wildman–Crippen MR) is 89.4 cm³/mol. The van der Waals surface area contributed by atoms with E-state index in [9.17, 15) is 4.79 Å². The molecule has 1 fully saturated rings. The maximum Gasteiger partial charge on any atom is 0.244 e. The van der Waals surface area contributed by atoms with E-state index in [0.29, 0.717) is 5.92 Å². The average Bonchev–Trinajstić information content (AvgIpc) is 2.96. The van der Waals surface area contributed by atoms with Gasteiger partial charge >= 0.3 is 0 Å². The van der Waals surface area contributed by atoms with E-state index in [1.807, 2.05) is 6.92 Å². The molecule has 118 valence electrons. The summed E-state index contributed by atoms with van der Waals surface area (Å²) in [4.78, 5) is 17.7. The number of rotatable bonds is 5. The summed E-state index contributed by atoms with van der Waals surface area (Å²) < 4.78 is 0. The van der Waals surface area contributed by atoms with Gasteiger partial charge in [0.05, 0.1) is 5.54 Å². The summed E-state index contributed by atoms with van der Waals surface area (Å²) in [7, 11) is 0. The molecule has 1 aromatic heterocycles. The summed E-state index contributed by atoms with van der Waals surface area (Å²) in [6, 6.07) is 4.58. The summed E-state index contributed by atoms with van der Waals surface area (Å²) in [5, 5.41) is 3.60. The van der Waals surface area contributed by atoms with Gasteiger partial charge in [0.2, 0.25) is 5.91 Å². The van der Waals surface area contributed by atoms with E-state index in [-0.39, 0.29) is 18.1 Å². The van der Waals surface area contributed by atoms with Crippen molar-refractivity contribution in [3.05, 3.63) is 21.9 Å². The third-order valence-corrected chi connectivity index (χ3v) is 5.78. The van der Waals surface area contributed by atoms with Crippen LogP contribution in [0.4, 0.5) is 0 Å². The second kappa shape index (κ2) is 6.09. The zero-order valence-electron chi connectivity index (χ0n) is 14.1. The molecule has 0 aliphatic carbocycles. The first-order valence-corrected chi connectivity index (χ1v) is 8.82. The van der Waals surface area contributed by atoms with Gasteiger partial charge in [-0.25, -0.2) is 0 Å². The normalized spacial score (nSPS) is 27.7. The van der Waals surface area contributed by atoms with Gasteiger partial charge in [-0.1, -0.05) is 27.7 Å². The Labute approximate surface area is 132 Å². The van der Waals surface area contributed by atoms with Crippen LogP contribution in [-0.2, 0) is 4.79 Å². The van der Waals surface area contributed by atoms with Crippen LogP contribution in [0.25, 0.3) is 0 Å². The molecule has 0 aromatic carbocycles. The summed E-state index contributed by atoms with van der Waals surface area (Å²) in [6.07, 6.45) is 1.83. The Kier molecular flexibility index (Phi) is 4.79. The molecule has 4 heteroatoms. The van der Waals surface area contributed by atoms with Gasteiger partial charge in [-0.05, 0) is 44.7 Å². The quantitative estimate of drug-likeness (QED) is 0.888. The first-order chi connectivity index (χ1) is 9.84. The topological polar surface area (TPSA) is 32.3 Å². The average molecular weight is 308 g/mol. The number of thiophene rings is 1. The fraction of sp³-hybridized carbons (Fsp3) is 0.706. The van der Waals surface area contributed by atoms with Crippen LogP contribution in [0.1, 0.15) is 63.4 Å². The molecule has 1 amide bonds. The van der Waals surface area contributed by atoms with Crippen LogP contribution >= 0.6 is 11.3 Å². The lowest BCUT2D eigenvalue weighted by atomic mass is 9.96. The van der Waals surface area contributed by atoms with Crippen molar-refractivity contribution in [3.63, 3.8) is 0 Å². The highest BCUT2D eigenvalue weighted by molar-refractivity contribution is 7.12. The molecule has 21 heavy (non-hydrogen) atoms. The second-order valence-electron chi connectivity index (χ2n) is 6.61. The number of hydrogen-bond donors (Lipinski definition) is 1. The zero-order valence-corrected chi connectivity index (χ0v) is 14.9. The summed E-state index contributed by atoms with van der Waals surface area (Å²) in [5.41, 5.74) is -0.440. The molecule has 3 unspecified atom stereocenters. The highest BCUT2D eigenvalue weighted by Gasteiger charge is 2.50. The van der Waals surface area contributed by atoms with Gasteiger partial charge in [0.25, 0.3) is 0 Å². The minimum Gasteiger partial charge on any atom is -0.317 e. The molecule has 0 bridgehead atoms. The first kappa shape index (κ1) is 16.5. The van der Waals surface area contributed by atoms with Gasteiger partial charge in [-0.2, -0.15) is 0 Å². The molecule has 0 radical (unpaired) electrons. The van der Waals surface area contributed by atoms with Crippen LogP contribution in [0.15, 0.2) is 12.1 Å². The number of carbonyl (C=O) groups excluding carboxylic acids is 1. The van der Waals surface area contributed by atoms with Crippen molar-refractivity contribution in [3.8, 4) is 0 Å². The lowest BCUT2D eigenvalue weighted by Gasteiger charge is -2.34. The highest BCUT2D eigenvalue weighted by Crippen LogP contribution is 2.38. The molecule has 2 heterocycles. The smallest absolute Gasteiger partial charge is 0.244 e. The third-order valence-electron chi connectivity index (χ3n) is 4.72. The van der Waals surface area contributed by atoms with Crippen molar-refractivity contribution >= 4 is 17.2 Å². The SMILES string of the molecule is CCC(C(C)C)N1C(=O)C(C)(CC)NC1c1ccc(C)s1. The van der Waals surface area contributed by atoms with Gasteiger partial charge < -0.3 is 4.90 Å². The van der Waals surface area contributed by atoms with Crippen molar-refractivity contribution in [2.24, 2.45) is 5.92 Å². The number of carbonyl (C=O) groups is 1. The van der Waals surface area contributed by atoms with Crippen LogP contribution in [0.3, 0.4) is 0 Å². The second-order valence-corrected chi connectivity index (χ2v) is 7.93. The Morgan fingerprint density at radius 3 is 2.48 bits per heavy atom. The van der Waals surface area contributed by atoms with Crippen LogP contribution < -0.4 is 5.32 Å². The Hall–Kier alpha value is -0.870. The van der Waals surface area contributed by atoms with Crippen molar-refractivity contribution in [1.29, 1.82) is 0 Å². The van der Waals surface area contributed by atoms with Crippen molar-refractivity contribution in [2.75, 3.05) is 0 Å². The van der Waals surface area contributed by atoms with Gasteiger partial charge in [-0.15, -0.1) is 11.3 Å². The number of nitrogens with zero attached hydrogens (tertiary/aromatic N) is 1. The summed E-state index contributed by atoms with van der Waals surface area (Å²) >= 11 is 1.79. The lowest BCUT2D eigenvalue weighted by molar-refractivity contribution is -0.136. The predicted octanol–water partition coefficient (Wildman–Crippen LogP) is 4.09. The van der Waals surface area contributed by atoms with E-state index in [1.165, 1.54) is 9.75 Å². The lowest BCUT2D eigenvalue weighted by Crippen LogP contribution is -2.46. The number of aryl methyl sites for hydroxylation is 1. The molecular weight excluding hydrogens is 280 g/mol. The van der Waals surface area contributed by atoms with E-state index in [4.69, 9.17) is 0 Å². The van der Waals surface area contributed by atoms with Crippen LogP contribution in [-0.4, -0.2) is 22.4 Å². The maximum absolute atomic E-state index is 13.0. The molecule has 0 spiro atoms. The maximum atomic E-state index is 13.0. The Morgan fingerprint density at radius 1 is 1.38 bits per heavy atom. The van der Waals surface area contributed by atoms with E-state index in [0.717, 1.165) is 12.8 Å². The van der Waals surface area contributed by atoms with Crippen molar-refractivity contribution < 1.29 is 4.79 Å². The fourth-order valence-electron chi connectivity index (χ4n) is 3.23. The van der Waals surface area contributed by atoms with Gasteiger partial charge in [0.15, 0.2) is 0 Å². The Bertz CT molecular complexity index is 511. The van der Waals surface area contributed by atoms with E-state index in [2.05, 4.69) is 57.0 Å². The summed E-state index contributed by atoms with van der Waals surface area (Å²) in [6.45, 7) is 12.8. The highest BCUT2D eigenvalue weighted by atomic mass is 32.1. The number of hydrogen-bond acceptors (Lipinski definition) is 3. The molecule has 1 aromatic rings. The van der Waals surface area contributed by atoms with Crippen LogP contribution in [0, 0.1) is 12.8 Å². The minimum absolute atomic E-state index is 0.0218. The minimum atomic E-state index is -0.440. The van der Waals surface area contributed by atoms with Gasteiger partial charge in [-0.3, -0.25) is 10.1 Å². The zero-order chi connectivity index (χ0) is 15.8. The fourth-order valence-corrected chi connectivity index (χ4v) is 4.16. The monoisotopic (exact) mass is 308 g/mol. The first-order valence-electron chi connectivity index (χ1n) is 8.00. The van der Waals surface area contributed by atoms with E-state index >= 15 is 0 Å². The van der Waals surface area contributed by atoms with Crippen molar-refractivity contribution in [1.82, 2.24) is 10.2 Å².